The average Bonchev–Trinajstić information content (AvgIpc) is 1.88. The van der Waals surface area contributed by atoms with Crippen LogP contribution in [-0.4, -0.2) is 14.2 Å². The van der Waals surface area contributed by atoms with Gasteiger partial charge in [-0.1, -0.05) is 13.9 Å². The second kappa shape index (κ2) is 30.2. The Labute approximate surface area is 56.2 Å². The molecule has 0 aliphatic rings. The number of nitrogens with zero attached hydrogens (tertiary/aromatic N) is 1. The van der Waals surface area contributed by atoms with Crippen molar-refractivity contribution in [1.29, 1.82) is 5.26 Å². The molecule has 0 aliphatic heterocycles. The summed E-state index contributed by atoms with van der Waals surface area (Å²) in [6.07, 6.45) is 7.92. The Morgan fingerprint density at radius 1 is 1.33 bits per heavy atom. The smallest absolute Gasteiger partial charge is 0.286 e. The van der Waals surface area contributed by atoms with Crippen molar-refractivity contribution in [1.82, 2.24) is 0 Å². The number of hydrogen-bond acceptors (Lipinski definition) is 3. The molecule has 0 unspecified atom stereocenters. The van der Waals surface area contributed by atoms with Crippen LogP contribution in [0.5, 0.6) is 0 Å². The highest BCUT2D eigenvalue weighted by Crippen LogP contribution is 1.41. The van der Waals surface area contributed by atoms with Crippen molar-refractivity contribution in [3.63, 3.8) is 0 Å². The van der Waals surface area contributed by atoms with E-state index in [4.69, 9.17) is 5.26 Å². The Morgan fingerprint density at radius 3 is 1.56 bits per heavy atom. The van der Waals surface area contributed by atoms with E-state index in [1.54, 1.807) is 0 Å². The molecule has 3 nitrogen and oxygen atoms in total. The molecule has 0 saturated carbocycles. The maximum Gasteiger partial charge on any atom is 0.286 e. The molecule has 0 rings (SSSR count). The molecule has 0 spiro atoms. The van der Waals surface area contributed by atoms with Gasteiger partial charge in [0.15, 0.2) is 0 Å². The van der Waals surface area contributed by atoms with E-state index in [-0.39, 0.29) is 7.43 Å². The van der Waals surface area contributed by atoms with Crippen molar-refractivity contribution in [3.05, 3.63) is 0 Å². The lowest BCUT2D eigenvalue weighted by Gasteiger charge is -1.66. The van der Waals surface area contributed by atoms with E-state index in [1.807, 2.05) is 6.11 Å². The molecule has 0 aromatic heterocycles. The normalized spacial score (nSPS) is 3.56. The Bertz CT molecular complexity index is 84.6. The predicted octanol–water partition coefficient (Wildman–Crippen LogP) is 0.973. The summed E-state index contributed by atoms with van der Waals surface area (Å²) in [5.74, 6) is 0. The summed E-state index contributed by atoms with van der Waals surface area (Å²) in [5.41, 5.74) is 0. The quantitative estimate of drug-likeness (QED) is 0.361. The van der Waals surface area contributed by atoms with Crippen LogP contribution in [0.2, 0.25) is 0 Å². The van der Waals surface area contributed by atoms with Gasteiger partial charge in [0.05, 0.1) is 14.2 Å². The lowest BCUT2D eigenvalue weighted by atomic mass is 11.3. The second-order valence-electron chi connectivity index (χ2n) is 0.617. The summed E-state index contributed by atoms with van der Waals surface area (Å²) in [4.78, 5) is 0. The summed E-state index contributed by atoms with van der Waals surface area (Å²) < 4.78 is 7.92. The molecule has 0 aliphatic carbocycles. The molecule has 0 aromatic carbocycles. The first kappa shape index (κ1) is 15.6. The lowest BCUT2D eigenvalue weighted by molar-refractivity contribution is 0.362. The number of nitriles is 1. The van der Waals surface area contributed by atoms with Gasteiger partial charge < -0.3 is 9.47 Å². The Morgan fingerprint density at radius 2 is 1.56 bits per heavy atom. The molecule has 52 valence electrons. The molecule has 0 saturated heterocycles. The van der Waals surface area contributed by atoms with Crippen LogP contribution in [0.25, 0.3) is 0 Å². The van der Waals surface area contributed by atoms with E-state index in [0.29, 0.717) is 0 Å². The SMILES string of the molecule is C.C#COC.COC#N. The van der Waals surface area contributed by atoms with Crippen molar-refractivity contribution < 1.29 is 9.47 Å². The molecule has 0 heterocycles. The number of ether oxygens (including phenoxy) is 2. The third kappa shape index (κ3) is 340. The van der Waals surface area contributed by atoms with Crippen molar-refractivity contribution in [3.8, 4) is 18.8 Å². The van der Waals surface area contributed by atoms with Gasteiger partial charge in [-0.3, -0.25) is 0 Å². The minimum atomic E-state index is 0. The zero-order chi connectivity index (χ0) is 6.83. The number of methoxy groups -OCH3 is 2. The molecule has 9 heavy (non-hydrogen) atoms. The molecular formula is C6H11NO2. The molecular weight excluding hydrogens is 118 g/mol. The summed E-state index contributed by atoms with van der Waals surface area (Å²) in [7, 11) is 2.76. The van der Waals surface area contributed by atoms with Crippen molar-refractivity contribution in [2.75, 3.05) is 14.2 Å². The summed E-state index contributed by atoms with van der Waals surface area (Å²) >= 11 is 0. The van der Waals surface area contributed by atoms with Gasteiger partial charge in [0.25, 0.3) is 6.26 Å². The molecule has 0 fully saturated rings. The van der Waals surface area contributed by atoms with Gasteiger partial charge >= 0.3 is 0 Å². The first-order chi connectivity index (χ1) is 3.83. The van der Waals surface area contributed by atoms with E-state index >= 15 is 0 Å². The topological polar surface area (TPSA) is 42.2 Å². The molecule has 3 heteroatoms. The van der Waals surface area contributed by atoms with Crippen LogP contribution in [-0.2, 0) is 9.47 Å². The van der Waals surface area contributed by atoms with Crippen LogP contribution in [0.4, 0.5) is 0 Å². The molecule has 0 N–H and O–H groups in total. The first-order valence-electron chi connectivity index (χ1n) is 1.74. The third-order valence-electron chi connectivity index (χ3n) is 0.209. The second-order valence-corrected chi connectivity index (χ2v) is 0.617. The first-order valence-corrected chi connectivity index (χ1v) is 1.74. The maximum absolute atomic E-state index is 7.40. The van der Waals surface area contributed by atoms with Gasteiger partial charge in [0, 0.05) is 0 Å². The number of hydrogen-bond donors (Lipinski definition) is 0. The highest BCUT2D eigenvalue weighted by molar-refractivity contribution is 4.65. The van der Waals surface area contributed by atoms with Crippen LogP contribution in [0.1, 0.15) is 7.43 Å². The van der Waals surface area contributed by atoms with Crippen LogP contribution >= 0.6 is 0 Å². The van der Waals surface area contributed by atoms with Crippen LogP contribution in [0, 0.1) is 24.0 Å². The molecule has 0 atom stereocenters. The summed E-state index contributed by atoms with van der Waals surface area (Å²) in [6, 6.07) is 0. The van der Waals surface area contributed by atoms with Crippen molar-refractivity contribution in [2.45, 2.75) is 7.43 Å². The van der Waals surface area contributed by atoms with E-state index < -0.39 is 0 Å². The number of terminal acetylenes is 1. The highest BCUT2D eigenvalue weighted by atomic mass is 16.5. The maximum atomic E-state index is 7.40. The van der Waals surface area contributed by atoms with Crippen LogP contribution in [0.15, 0.2) is 0 Å². The predicted molar refractivity (Wildman–Crippen MR) is 35.2 cm³/mol. The number of rotatable bonds is 0. The van der Waals surface area contributed by atoms with Crippen LogP contribution in [0.3, 0.4) is 0 Å². The van der Waals surface area contributed by atoms with E-state index in [9.17, 15) is 0 Å². The van der Waals surface area contributed by atoms with Crippen LogP contribution < -0.4 is 0 Å². The fraction of sp³-hybridized carbons (Fsp3) is 0.500. The van der Waals surface area contributed by atoms with Gasteiger partial charge in [-0.15, -0.1) is 0 Å². The summed E-state index contributed by atoms with van der Waals surface area (Å²) in [6.45, 7) is 0. The average molecular weight is 129 g/mol. The van der Waals surface area contributed by atoms with Gasteiger partial charge in [-0.25, -0.2) is 0 Å². The largest absolute Gasteiger partial charge is 0.450 e. The minimum absolute atomic E-state index is 0. The summed E-state index contributed by atoms with van der Waals surface area (Å²) in [5, 5.41) is 7.40. The van der Waals surface area contributed by atoms with E-state index in [0.717, 1.165) is 0 Å². The Balaban J connectivity index is -0.0000000720. The standard InChI is InChI=1S/C3H4O.C2H3NO.CH4/c1-3-4-2;1-4-2-3;/h1H,2H3;1H3;1H4. The monoisotopic (exact) mass is 129 g/mol. The Kier molecular flexibility index (Phi) is 52.6. The molecule has 0 radical (unpaired) electrons. The fourth-order valence-corrected chi connectivity index (χ4v) is 0. The molecule has 0 aromatic rings. The zero-order valence-corrected chi connectivity index (χ0v) is 4.84. The van der Waals surface area contributed by atoms with Gasteiger partial charge in [0.2, 0.25) is 0 Å². The Hall–Kier alpha value is -1.35. The highest BCUT2D eigenvalue weighted by Gasteiger charge is 1.42. The van der Waals surface area contributed by atoms with Crippen molar-refractivity contribution >= 4 is 0 Å². The van der Waals surface area contributed by atoms with Gasteiger partial charge in [-0.2, -0.15) is 5.26 Å². The molecule has 0 bridgehead atoms. The molecule has 0 amide bonds. The zero-order valence-electron chi connectivity index (χ0n) is 4.84. The van der Waals surface area contributed by atoms with E-state index in [2.05, 4.69) is 15.9 Å². The fourth-order valence-electron chi connectivity index (χ4n) is 0. The lowest BCUT2D eigenvalue weighted by Crippen LogP contribution is -1.55. The van der Waals surface area contributed by atoms with Gasteiger partial charge in [0.1, 0.15) is 6.11 Å². The van der Waals surface area contributed by atoms with Crippen molar-refractivity contribution in [2.24, 2.45) is 0 Å². The minimum Gasteiger partial charge on any atom is -0.450 e. The third-order valence-corrected chi connectivity index (χ3v) is 0.209. The van der Waals surface area contributed by atoms with E-state index in [1.165, 1.54) is 20.5 Å². The van der Waals surface area contributed by atoms with Gasteiger partial charge in [-0.05, 0) is 0 Å².